The Hall–Kier alpha value is -3.60. The van der Waals surface area contributed by atoms with Crippen molar-refractivity contribution in [2.24, 2.45) is 0 Å². The van der Waals surface area contributed by atoms with Crippen LogP contribution in [0.3, 0.4) is 0 Å². The molecule has 3 aromatic rings. The van der Waals surface area contributed by atoms with Crippen molar-refractivity contribution in [2.45, 2.75) is 26.2 Å². The summed E-state index contributed by atoms with van der Waals surface area (Å²) in [5.41, 5.74) is 2.39. The number of ether oxygens (including phenoxy) is 2. The summed E-state index contributed by atoms with van der Waals surface area (Å²) in [7, 11) is 0. The number of rotatable bonds is 8. The summed E-state index contributed by atoms with van der Waals surface area (Å²) >= 11 is 0. The maximum atomic E-state index is 12.7. The summed E-state index contributed by atoms with van der Waals surface area (Å²) in [6.45, 7) is 2.19. The number of alkyl carbamates (subject to hydrolysis) is 1. The number of carbonyl (C=O) groups is 2. The topological polar surface area (TPSA) is 64.6 Å². The van der Waals surface area contributed by atoms with E-state index in [2.05, 4.69) is 5.32 Å². The van der Waals surface area contributed by atoms with E-state index in [4.69, 9.17) is 9.47 Å². The molecule has 0 aliphatic rings. The Morgan fingerprint density at radius 3 is 2.10 bits per heavy atom. The molecule has 3 rings (SSSR count). The van der Waals surface area contributed by atoms with Gasteiger partial charge >= 0.3 is 6.09 Å². The van der Waals surface area contributed by atoms with Crippen LogP contribution >= 0.6 is 0 Å². The third-order valence-electron chi connectivity index (χ3n) is 4.31. The summed E-state index contributed by atoms with van der Waals surface area (Å²) in [5, 5.41) is 2.57. The average Bonchev–Trinajstić information content (AvgIpc) is 2.77. The molecule has 1 amide bonds. The maximum Gasteiger partial charge on any atom is 0.408 e. The maximum absolute atomic E-state index is 12.7. The van der Waals surface area contributed by atoms with E-state index in [1.54, 1.807) is 31.2 Å². The summed E-state index contributed by atoms with van der Waals surface area (Å²) < 4.78 is 10.9. The van der Waals surface area contributed by atoms with E-state index >= 15 is 0 Å². The second-order valence-electron chi connectivity index (χ2n) is 6.59. The van der Waals surface area contributed by atoms with Crippen LogP contribution in [0.1, 0.15) is 28.4 Å². The zero-order valence-electron chi connectivity index (χ0n) is 16.2. The first kappa shape index (κ1) is 20.1. The lowest BCUT2D eigenvalue weighted by atomic mass is 10.1. The third-order valence-corrected chi connectivity index (χ3v) is 4.31. The minimum Gasteiger partial charge on any atom is -0.489 e. The predicted molar refractivity (Wildman–Crippen MR) is 111 cm³/mol. The van der Waals surface area contributed by atoms with E-state index in [-0.39, 0.29) is 12.4 Å². The van der Waals surface area contributed by atoms with Gasteiger partial charge in [-0.2, -0.15) is 0 Å². The summed E-state index contributed by atoms with van der Waals surface area (Å²) in [6.07, 6.45) is -0.633. The quantitative estimate of drug-likeness (QED) is 0.564. The van der Waals surface area contributed by atoms with Crippen molar-refractivity contribution >= 4 is 11.9 Å². The SMILES string of the molecule is C[C@H](NC(=O)OCc1ccccc1)C(=O)c1cccc(OCc2ccccc2)c1. The molecule has 0 aromatic heterocycles. The molecule has 3 aromatic carbocycles. The zero-order valence-corrected chi connectivity index (χ0v) is 16.2. The molecule has 0 bridgehead atoms. The van der Waals surface area contributed by atoms with E-state index in [1.165, 1.54) is 0 Å². The number of amides is 1. The summed E-state index contributed by atoms with van der Waals surface area (Å²) in [4.78, 5) is 24.6. The lowest BCUT2D eigenvalue weighted by Gasteiger charge is -2.14. The molecule has 29 heavy (non-hydrogen) atoms. The van der Waals surface area contributed by atoms with Crippen LogP contribution in [-0.4, -0.2) is 17.9 Å². The van der Waals surface area contributed by atoms with Crippen LogP contribution in [0.2, 0.25) is 0 Å². The Balaban J connectivity index is 1.52. The van der Waals surface area contributed by atoms with Crippen LogP contribution in [-0.2, 0) is 18.0 Å². The highest BCUT2D eigenvalue weighted by Gasteiger charge is 2.18. The number of hydrogen-bond donors (Lipinski definition) is 1. The van der Waals surface area contributed by atoms with Gasteiger partial charge in [0.25, 0.3) is 0 Å². The first-order valence-electron chi connectivity index (χ1n) is 9.40. The molecule has 0 aliphatic carbocycles. The second-order valence-corrected chi connectivity index (χ2v) is 6.59. The van der Waals surface area contributed by atoms with Gasteiger partial charge in [-0.1, -0.05) is 72.8 Å². The van der Waals surface area contributed by atoms with Crippen LogP contribution in [0.25, 0.3) is 0 Å². The highest BCUT2D eigenvalue weighted by atomic mass is 16.5. The minimum atomic E-state index is -0.720. The van der Waals surface area contributed by atoms with E-state index in [0.717, 1.165) is 11.1 Å². The molecule has 1 N–H and O–H groups in total. The van der Waals surface area contributed by atoms with E-state index in [1.807, 2.05) is 60.7 Å². The Kier molecular flexibility index (Phi) is 7.00. The van der Waals surface area contributed by atoms with Crippen molar-refractivity contribution in [3.8, 4) is 5.75 Å². The van der Waals surface area contributed by atoms with Gasteiger partial charge in [0.1, 0.15) is 19.0 Å². The lowest BCUT2D eigenvalue weighted by Crippen LogP contribution is -2.38. The molecule has 148 valence electrons. The average molecular weight is 389 g/mol. The zero-order chi connectivity index (χ0) is 20.5. The largest absolute Gasteiger partial charge is 0.489 e. The molecule has 1 atom stereocenters. The van der Waals surface area contributed by atoms with Crippen molar-refractivity contribution in [2.75, 3.05) is 0 Å². The van der Waals surface area contributed by atoms with Gasteiger partial charge in [0, 0.05) is 5.56 Å². The Morgan fingerprint density at radius 2 is 1.45 bits per heavy atom. The van der Waals surface area contributed by atoms with Crippen LogP contribution in [0.5, 0.6) is 5.75 Å². The van der Waals surface area contributed by atoms with Crippen molar-refractivity contribution in [3.63, 3.8) is 0 Å². The van der Waals surface area contributed by atoms with Gasteiger partial charge in [-0.05, 0) is 30.2 Å². The smallest absolute Gasteiger partial charge is 0.408 e. The van der Waals surface area contributed by atoms with E-state index < -0.39 is 12.1 Å². The number of benzene rings is 3. The summed E-state index contributed by atoms with van der Waals surface area (Å²) in [6, 6.07) is 25.4. The standard InChI is InChI=1S/C24H23NO4/c1-18(25-24(27)29-17-20-11-6-3-7-12-20)23(26)21-13-8-14-22(15-21)28-16-19-9-4-2-5-10-19/h2-15,18H,16-17H2,1H3,(H,25,27)/t18-/m0/s1. The molecule has 0 unspecified atom stereocenters. The Bertz CT molecular complexity index is 941. The molecule has 0 fully saturated rings. The Morgan fingerprint density at radius 1 is 0.828 bits per heavy atom. The fraction of sp³-hybridized carbons (Fsp3) is 0.167. The molecule has 0 saturated carbocycles. The fourth-order valence-electron chi connectivity index (χ4n) is 2.74. The molecule has 0 aliphatic heterocycles. The van der Waals surface area contributed by atoms with Crippen molar-refractivity contribution in [1.29, 1.82) is 0 Å². The Labute approximate surface area is 170 Å². The van der Waals surface area contributed by atoms with Crippen molar-refractivity contribution < 1.29 is 19.1 Å². The first-order valence-corrected chi connectivity index (χ1v) is 9.40. The number of hydrogen-bond acceptors (Lipinski definition) is 4. The van der Waals surface area contributed by atoms with Gasteiger partial charge in [0.05, 0.1) is 6.04 Å². The number of Topliss-reactive ketones (excluding diaryl/α,β-unsaturated/α-hetero) is 1. The minimum absolute atomic E-state index is 0.149. The highest BCUT2D eigenvalue weighted by Crippen LogP contribution is 2.16. The predicted octanol–water partition coefficient (Wildman–Crippen LogP) is 4.76. The van der Waals surface area contributed by atoms with E-state index in [0.29, 0.717) is 17.9 Å². The van der Waals surface area contributed by atoms with Crippen LogP contribution in [0, 0.1) is 0 Å². The van der Waals surface area contributed by atoms with Gasteiger partial charge in [-0.3, -0.25) is 4.79 Å². The fourth-order valence-corrected chi connectivity index (χ4v) is 2.74. The van der Waals surface area contributed by atoms with Crippen LogP contribution in [0.4, 0.5) is 4.79 Å². The van der Waals surface area contributed by atoms with Crippen molar-refractivity contribution in [1.82, 2.24) is 5.32 Å². The van der Waals surface area contributed by atoms with Gasteiger partial charge in [0.2, 0.25) is 0 Å². The van der Waals surface area contributed by atoms with Gasteiger partial charge < -0.3 is 14.8 Å². The molecule has 0 saturated heterocycles. The lowest BCUT2D eigenvalue weighted by molar-refractivity contribution is 0.0926. The van der Waals surface area contributed by atoms with E-state index in [9.17, 15) is 9.59 Å². The number of ketones is 1. The normalized spacial score (nSPS) is 11.3. The number of carbonyl (C=O) groups excluding carboxylic acids is 2. The van der Waals surface area contributed by atoms with Crippen LogP contribution < -0.4 is 10.1 Å². The van der Waals surface area contributed by atoms with Gasteiger partial charge in [0.15, 0.2) is 5.78 Å². The molecule has 5 heteroatoms. The highest BCUT2D eigenvalue weighted by molar-refractivity contribution is 6.01. The molecule has 0 heterocycles. The molecular weight excluding hydrogens is 366 g/mol. The monoisotopic (exact) mass is 389 g/mol. The second kappa shape index (κ2) is 10.1. The molecule has 0 radical (unpaired) electrons. The molecule has 0 spiro atoms. The van der Waals surface area contributed by atoms with Gasteiger partial charge in [-0.25, -0.2) is 4.79 Å². The van der Waals surface area contributed by atoms with Crippen LogP contribution in [0.15, 0.2) is 84.9 Å². The summed E-state index contributed by atoms with van der Waals surface area (Å²) in [5.74, 6) is 0.380. The molecular formula is C24H23NO4. The third kappa shape index (κ3) is 6.21. The molecule has 5 nitrogen and oxygen atoms in total. The number of nitrogens with one attached hydrogen (secondary N) is 1. The first-order chi connectivity index (χ1) is 14.1. The van der Waals surface area contributed by atoms with Crippen molar-refractivity contribution in [3.05, 3.63) is 102 Å². The van der Waals surface area contributed by atoms with Gasteiger partial charge in [-0.15, -0.1) is 0 Å².